The van der Waals surface area contributed by atoms with Gasteiger partial charge in [-0.25, -0.2) is 0 Å². The number of anilines is 4. The van der Waals surface area contributed by atoms with Gasteiger partial charge in [0.2, 0.25) is 0 Å². The van der Waals surface area contributed by atoms with Crippen LogP contribution in [-0.2, 0) is 5.41 Å². The summed E-state index contributed by atoms with van der Waals surface area (Å²) >= 11 is 3.90. The second-order valence-corrected chi connectivity index (χ2v) is 23.8. The molecule has 0 radical (unpaired) electrons. The van der Waals surface area contributed by atoms with Gasteiger partial charge in [0.1, 0.15) is 0 Å². The minimum atomic E-state index is -0.528. The summed E-state index contributed by atoms with van der Waals surface area (Å²) in [5, 5.41) is 5.59. The molecular formula is C75H58N2S2. The molecule has 0 saturated carbocycles. The maximum atomic E-state index is 4.95. The molecule has 0 N–H and O–H groups in total. The molecule has 0 fully saturated rings. The van der Waals surface area contributed by atoms with Gasteiger partial charge in [-0.05, 0) is 166 Å². The molecule has 4 heteroatoms. The lowest BCUT2D eigenvalue weighted by Crippen LogP contribution is -2.32. The molecule has 0 bridgehead atoms. The van der Waals surface area contributed by atoms with Crippen LogP contribution >= 0.6 is 22.7 Å². The van der Waals surface area contributed by atoms with Crippen LogP contribution in [0.3, 0.4) is 0 Å². The van der Waals surface area contributed by atoms with E-state index in [9.17, 15) is 0 Å². The molecule has 2 nitrogen and oxygen atoms in total. The predicted octanol–water partition coefficient (Wildman–Crippen LogP) is 17.4. The van der Waals surface area contributed by atoms with Gasteiger partial charge in [0, 0.05) is 80.6 Å². The fourth-order valence-corrected chi connectivity index (χ4v) is 16.3. The third-order valence-corrected chi connectivity index (χ3v) is 19.8. The monoisotopic (exact) mass is 1050 g/mol. The fraction of sp³-hybridized carbons (Fsp3) is 0.120. The van der Waals surface area contributed by atoms with E-state index in [1.165, 1.54) is 78.6 Å². The molecule has 9 aromatic rings. The summed E-state index contributed by atoms with van der Waals surface area (Å²) in [4.78, 5) is 4.86. The Balaban J connectivity index is 0.853. The number of rotatable bonds is 8. The predicted molar refractivity (Wildman–Crippen MR) is 340 cm³/mol. The zero-order valence-electron chi connectivity index (χ0n) is 44.1. The molecule has 3 atom stereocenters. The van der Waals surface area contributed by atoms with Crippen molar-refractivity contribution >= 4 is 101 Å². The van der Waals surface area contributed by atoms with Crippen LogP contribution in [0, 0.1) is 5.92 Å². The topological polar surface area (TPSA) is 6.48 Å². The first-order chi connectivity index (χ1) is 39.1. The van der Waals surface area contributed by atoms with Crippen molar-refractivity contribution in [2.75, 3.05) is 9.80 Å². The van der Waals surface area contributed by atoms with E-state index in [2.05, 4.69) is 265 Å². The van der Waals surface area contributed by atoms with E-state index in [0.717, 1.165) is 83.8 Å². The molecule has 6 aliphatic rings. The molecule has 0 amide bonds. The van der Waals surface area contributed by atoms with E-state index in [1.54, 1.807) is 0 Å². The molecule has 380 valence electrons. The van der Waals surface area contributed by atoms with E-state index in [0.29, 0.717) is 5.92 Å². The summed E-state index contributed by atoms with van der Waals surface area (Å²) in [7, 11) is 0. The molecule has 15 rings (SSSR count). The number of hydrogen-bond donors (Lipinski definition) is 0. The Morgan fingerprint density at radius 2 is 1.14 bits per heavy atom. The lowest BCUT2D eigenvalue weighted by Gasteiger charge is -2.38. The number of nitrogens with zero attached hydrogens (tertiary/aromatic N) is 2. The Bertz CT molecular complexity index is 4460. The van der Waals surface area contributed by atoms with Crippen LogP contribution in [0.4, 0.5) is 22.7 Å². The van der Waals surface area contributed by atoms with Crippen molar-refractivity contribution < 1.29 is 0 Å². The van der Waals surface area contributed by atoms with Gasteiger partial charge in [-0.1, -0.05) is 195 Å². The zero-order chi connectivity index (χ0) is 52.4. The van der Waals surface area contributed by atoms with E-state index in [-0.39, 0.29) is 5.92 Å². The van der Waals surface area contributed by atoms with Crippen LogP contribution in [0.1, 0.15) is 72.3 Å². The smallest absolute Gasteiger partial charge is 0.0469 e. The van der Waals surface area contributed by atoms with Crippen molar-refractivity contribution in [1.82, 2.24) is 0 Å². The van der Waals surface area contributed by atoms with Crippen molar-refractivity contribution in [3.8, 4) is 11.1 Å². The Morgan fingerprint density at radius 1 is 0.481 bits per heavy atom. The molecule has 0 saturated heterocycles. The minimum Gasteiger partial charge on any atom is -0.311 e. The molecule has 79 heavy (non-hydrogen) atoms. The van der Waals surface area contributed by atoms with Crippen LogP contribution in [0.25, 0.3) is 66.7 Å². The molecular weight excluding hydrogens is 993 g/mol. The summed E-state index contributed by atoms with van der Waals surface area (Å²) in [6.45, 7) is 4.95. The van der Waals surface area contributed by atoms with Gasteiger partial charge >= 0.3 is 0 Å². The molecule has 0 aliphatic heterocycles. The highest BCUT2D eigenvalue weighted by Gasteiger charge is 2.50. The summed E-state index contributed by atoms with van der Waals surface area (Å²) in [5.41, 5.74) is 17.5. The Hall–Kier alpha value is -8.54. The average Bonchev–Trinajstić information content (AvgIpc) is 4.40. The maximum Gasteiger partial charge on any atom is 0.0469 e. The summed E-state index contributed by atoms with van der Waals surface area (Å²) < 4.78 is 5.62. The fourth-order valence-electron chi connectivity index (χ4n) is 13.6. The van der Waals surface area contributed by atoms with Crippen molar-refractivity contribution in [2.24, 2.45) is 5.92 Å². The van der Waals surface area contributed by atoms with Gasteiger partial charge in [-0.2, -0.15) is 0 Å². The normalized spacial score (nSPS) is 20.7. The lowest BCUT2D eigenvalue weighted by molar-refractivity contribution is 0.500. The van der Waals surface area contributed by atoms with Crippen molar-refractivity contribution in [3.05, 3.63) is 296 Å². The van der Waals surface area contributed by atoms with Crippen molar-refractivity contribution in [1.29, 1.82) is 0 Å². The first-order valence-corrected chi connectivity index (χ1v) is 29.7. The second kappa shape index (κ2) is 19.7. The van der Waals surface area contributed by atoms with Crippen LogP contribution in [-0.4, -0.2) is 0 Å². The number of para-hydroxylation sites is 2. The van der Waals surface area contributed by atoms with Gasteiger partial charge in [-0.3, -0.25) is 0 Å². The quantitative estimate of drug-likeness (QED) is 0.150. The molecule has 1 spiro atoms. The van der Waals surface area contributed by atoms with E-state index in [1.807, 2.05) is 22.7 Å². The summed E-state index contributed by atoms with van der Waals surface area (Å²) in [6, 6.07) is 61.0. The molecule has 6 aliphatic carbocycles. The van der Waals surface area contributed by atoms with Crippen LogP contribution in [0.15, 0.2) is 249 Å². The Morgan fingerprint density at radius 3 is 1.90 bits per heavy atom. The van der Waals surface area contributed by atoms with Gasteiger partial charge < -0.3 is 9.80 Å². The van der Waals surface area contributed by atoms with E-state index >= 15 is 0 Å². The highest BCUT2D eigenvalue weighted by molar-refractivity contribution is 7.18. The van der Waals surface area contributed by atoms with Crippen molar-refractivity contribution in [2.45, 2.75) is 49.9 Å². The molecule has 7 aromatic carbocycles. The van der Waals surface area contributed by atoms with Gasteiger partial charge in [0.05, 0.1) is 0 Å². The lowest BCUT2D eigenvalue weighted by atomic mass is 9.65. The number of allylic oxidation sites excluding steroid dienone is 13. The SMILES string of the molecule is C=C1/C=C\C(N(C2=CCC(c3cccc4c5c(sc34)=CCCC=5)C=C2)c2ccccc2)=C/C=CC2(c3cc(N(c4ccccc4)c4ccc(-c5cccc6c7c(sc56)=CCCC=7)cc4)ccc31)c1ccccc1C1=CC=CCC12. The van der Waals surface area contributed by atoms with Crippen LogP contribution in [0.2, 0.25) is 0 Å². The third-order valence-electron chi connectivity index (χ3n) is 17.3. The Labute approximate surface area is 470 Å². The van der Waals surface area contributed by atoms with Crippen LogP contribution < -0.4 is 29.3 Å². The minimum absolute atomic E-state index is 0.166. The first kappa shape index (κ1) is 47.7. The zero-order valence-corrected chi connectivity index (χ0v) is 45.7. The highest BCUT2D eigenvalue weighted by atomic mass is 32.1. The summed E-state index contributed by atoms with van der Waals surface area (Å²) in [6.07, 6.45) is 42.0. The highest BCUT2D eigenvalue weighted by Crippen LogP contribution is 2.59. The maximum absolute atomic E-state index is 4.95. The van der Waals surface area contributed by atoms with Gasteiger partial charge in [0.15, 0.2) is 0 Å². The van der Waals surface area contributed by atoms with Crippen molar-refractivity contribution in [3.63, 3.8) is 0 Å². The largest absolute Gasteiger partial charge is 0.311 e. The number of thiophene rings is 2. The third kappa shape index (κ3) is 8.03. The molecule has 2 aromatic heterocycles. The number of benzene rings is 7. The molecule has 3 unspecified atom stereocenters. The van der Waals surface area contributed by atoms with E-state index < -0.39 is 5.41 Å². The van der Waals surface area contributed by atoms with E-state index in [4.69, 9.17) is 6.58 Å². The average molecular weight is 1050 g/mol. The van der Waals surface area contributed by atoms with Crippen LogP contribution in [0.5, 0.6) is 0 Å². The second-order valence-electron chi connectivity index (χ2n) is 21.6. The summed E-state index contributed by atoms with van der Waals surface area (Å²) in [5.74, 6) is 0.458. The number of hydrogen-bond acceptors (Lipinski definition) is 4. The molecule has 2 heterocycles. The Kier molecular flexibility index (Phi) is 11.9. The number of fused-ring (bicyclic) bond motifs is 13. The first-order valence-electron chi connectivity index (χ1n) is 28.1. The standard InChI is InChI=1S/C75H58N2S2/c1-50-36-41-55(76(53-19-4-2-5-20-53)56-42-37-51(38-43-56)60-28-16-30-66-64-26-10-14-34-71(64)78-73(60)66)23-18-48-75(68-32-12-8-24-62(68)63-25-9-13-33-69(63)75)70-49-58(46-47-59(50)70)77(54-21-6-3-7-22-54)57-44-39-52(40-45-57)61-29-17-31-67-65-27-11-15-35-72(65)79-74(61)67/h2-9,12-13,16-32,34-37,39-49,51,69H,1,10-11,14-15,33,38H2/b41-36-,48-18?,55-23+. The van der Waals surface area contributed by atoms with Gasteiger partial charge in [0.25, 0.3) is 0 Å². The van der Waals surface area contributed by atoms with Gasteiger partial charge in [-0.15, -0.1) is 22.7 Å².